The van der Waals surface area contributed by atoms with Gasteiger partial charge in [0.15, 0.2) is 0 Å². The third-order valence-electron chi connectivity index (χ3n) is 2.26. The molecule has 1 N–H and O–H groups in total. The second-order valence-corrected chi connectivity index (χ2v) is 3.43. The van der Waals surface area contributed by atoms with Gasteiger partial charge in [-0.3, -0.25) is 0 Å². The number of rotatable bonds is 3. The monoisotopic (exact) mass is 196 g/mol. The van der Waals surface area contributed by atoms with Crippen molar-refractivity contribution in [3.05, 3.63) is 22.3 Å². The summed E-state index contributed by atoms with van der Waals surface area (Å²) < 4.78 is 0.931. The standard InChI is InChI=1S/C10H16N2S/c1-4-12(5-2)10-8(3)9(13)6-7-11-10/h6-7H,4-5H2,1-3H3,(H,11,13). The van der Waals surface area contributed by atoms with Gasteiger partial charge in [-0.2, -0.15) is 0 Å². The van der Waals surface area contributed by atoms with Gasteiger partial charge in [0.25, 0.3) is 0 Å². The van der Waals surface area contributed by atoms with Gasteiger partial charge in [0.05, 0.1) is 0 Å². The maximum absolute atomic E-state index is 5.21. The molecule has 0 spiro atoms. The van der Waals surface area contributed by atoms with Crippen molar-refractivity contribution in [3.63, 3.8) is 0 Å². The fourth-order valence-corrected chi connectivity index (χ4v) is 1.58. The van der Waals surface area contributed by atoms with Gasteiger partial charge in [0.1, 0.15) is 5.82 Å². The summed E-state index contributed by atoms with van der Waals surface area (Å²) >= 11 is 5.21. The van der Waals surface area contributed by atoms with E-state index in [0.717, 1.165) is 23.4 Å². The van der Waals surface area contributed by atoms with Gasteiger partial charge in [-0.15, -0.1) is 0 Å². The van der Waals surface area contributed by atoms with Crippen molar-refractivity contribution in [2.75, 3.05) is 18.0 Å². The highest BCUT2D eigenvalue weighted by Gasteiger charge is 2.05. The van der Waals surface area contributed by atoms with E-state index in [4.69, 9.17) is 12.2 Å². The van der Waals surface area contributed by atoms with Crippen LogP contribution in [-0.4, -0.2) is 18.1 Å². The number of aromatic amines is 1. The number of nitrogens with one attached hydrogen (secondary N) is 1. The Morgan fingerprint density at radius 2 is 2.00 bits per heavy atom. The van der Waals surface area contributed by atoms with Crippen molar-refractivity contribution in [2.45, 2.75) is 20.8 Å². The van der Waals surface area contributed by atoms with Crippen LogP contribution >= 0.6 is 12.2 Å². The quantitative estimate of drug-likeness (QED) is 0.750. The molecule has 0 amide bonds. The summed E-state index contributed by atoms with van der Waals surface area (Å²) in [6.07, 6.45) is 1.91. The fraction of sp³-hybridized carbons (Fsp3) is 0.500. The highest BCUT2D eigenvalue weighted by atomic mass is 32.1. The number of aromatic nitrogens is 1. The molecule has 1 rings (SSSR count). The van der Waals surface area contributed by atoms with Crippen molar-refractivity contribution in [1.29, 1.82) is 0 Å². The van der Waals surface area contributed by atoms with Crippen molar-refractivity contribution < 1.29 is 0 Å². The first-order chi connectivity index (χ1) is 6.20. The van der Waals surface area contributed by atoms with Crippen LogP contribution in [0.15, 0.2) is 12.3 Å². The van der Waals surface area contributed by atoms with Gasteiger partial charge < -0.3 is 9.88 Å². The van der Waals surface area contributed by atoms with Crippen molar-refractivity contribution in [1.82, 2.24) is 4.98 Å². The van der Waals surface area contributed by atoms with Gasteiger partial charge >= 0.3 is 0 Å². The molecule has 3 heteroatoms. The average Bonchev–Trinajstić information content (AvgIpc) is 2.14. The van der Waals surface area contributed by atoms with E-state index in [1.807, 2.05) is 12.3 Å². The van der Waals surface area contributed by atoms with Gasteiger partial charge in [0, 0.05) is 29.4 Å². The van der Waals surface area contributed by atoms with Crippen LogP contribution in [0, 0.1) is 11.4 Å². The lowest BCUT2D eigenvalue weighted by molar-refractivity contribution is 0.840. The molecule has 1 aromatic rings. The highest BCUT2D eigenvalue weighted by molar-refractivity contribution is 7.71. The fourth-order valence-electron chi connectivity index (χ4n) is 1.41. The molecule has 2 nitrogen and oxygen atoms in total. The molecule has 0 saturated heterocycles. The van der Waals surface area contributed by atoms with Crippen LogP contribution in [0.2, 0.25) is 0 Å². The predicted octanol–water partition coefficient (Wildman–Crippen LogP) is 2.90. The number of hydrogen-bond acceptors (Lipinski definition) is 2. The second kappa shape index (κ2) is 4.42. The Balaban J connectivity index is 3.13. The molecule has 1 heterocycles. The van der Waals surface area contributed by atoms with Gasteiger partial charge in [0.2, 0.25) is 0 Å². The second-order valence-electron chi connectivity index (χ2n) is 2.99. The Bertz CT molecular complexity index is 326. The number of hydrogen-bond donors (Lipinski definition) is 1. The first-order valence-electron chi connectivity index (χ1n) is 4.64. The topological polar surface area (TPSA) is 19.0 Å². The van der Waals surface area contributed by atoms with Crippen LogP contribution in [0.3, 0.4) is 0 Å². The zero-order valence-corrected chi connectivity index (χ0v) is 9.24. The van der Waals surface area contributed by atoms with Crippen LogP contribution in [0.25, 0.3) is 0 Å². The molecule has 0 radical (unpaired) electrons. The number of nitrogens with zero attached hydrogens (tertiary/aromatic N) is 1. The Morgan fingerprint density at radius 1 is 1.38 bits per heavy atom. The lowest BCUT2D eigenvalue weighted by Crippen LogP contribution is -2.23. The molecule has 72 valence electrons. The minimum Gasteiger partial charge on any atom is -0.358 e. The SMILES string of the molecule is CCN(CC)c1[nH]ccc(=S)c1C. The zero-order valence-electron chi connectivity index (χ0n) is 8.42. The van der Waals surface area contributed by atoms with E-state index in [-0.39, 0.29) is 0 Å². The minimum atomic E-state index is 0.931. The number of anilines is 1. The van der Waals surface area contributed by atoms with Crippen molar-refractivity contribution in [3.8, 4) is 0 Å². The molecule has 0 atom stereocenters. The molecule has 0 aliphatic heterocycles. The van der Waals surface area contributed by atoms with Gasteiger partial charge in [-0.05, 0) is 26.8 Å². The summed E-state index contributed by atoms with van der Waals surface area (Å²) in [5.74, 6) is 1.15. The molecule has 0 bridgehead atoms. The van der Waals surface area contributed by atoms with Crippen molar-refractivity contribution in [2.24, 2.45) is 0 Å². The van der Waals surface area contributed by atoms with E-state index < -0.39 is 0 Å². The lowest BCUT2D eigenvalue weighted by Gasteiger charge is -2.22. The third kappa shape index (κ3) is 2.10. The van der Waals surface area contributed by atoms with Crippen LogP contribution < -0.4 is 4.90 Å². The third-order valence-corrected chi connectivity index (χ3v) is 2.70. The smallest absolute Gasteiger partial charge is 0.110 e. The number of pyridine rings is 1. The summed E-state index contributed by atoms with van der Waals surface area (Å²) in [5.41, 5.74) is 1.17. The summed E-state index contributed by atoms with van der Waals surface area (Å²) in [4.78, 5) is 5.51. The van der Waals surface area contributed by atoms with Crippen LogP contribution in [0.4, 0.5) is 5.82 Å². The Kier molecular flexibility index (Phi) is 3.48. The molecule has 0 unspecified atom stereocenters. The van der Waals surface area contributed by atoms with E-state index >= 15 is 0 Å². The number of H-pyrrole nitrogens is 1. The van der Waals surface area contributed by atoms with E-state index in [0.29, 0.717) is 0 Å². The largest absolute Gasteiger partial charge is 0.358 e. The zero-order chi connectivity index (χ0) is 9.84. The van der Waals surface area contributed by atoms with Crippen LogP contribution in [0.5, 0.6) is 0 Å². The first kappa shape index (κ1) is 10.3. The van der Waals surface area contributed by atoms with Gasteiger partial charge in [-0.25, -0.2) is 0 Å². The maximum Gasteiger partial charge on any atom is 0.110 e. The highest BCUT2D eigenvalue weighted by Crippen LogP contribution is 2.16. The minimum absolute atomic E-state index is 0.931. The maximum atomic E-state index is 5.21. The van der Waals surface area contributed by atoms with Crippen molar-refractivity contribution >= 4 is 18.0 Å². The van der Waals surface area contributed by atoms with E-state index in [1.165, 1.54) is 5.56 Å². The van der Waals surface area contributed by atoms with Crippen LogP contribution in [-0.2, 0) is 0 Å². The molecular formula is C10H16N2S. The predicted molar refractivity (Wildman–Crippen MR) is 59.9 cm³/mol. The molecule has 0 saturated carbocycles. The normalized spacial score (nSPS) is 10.1. The summed E-state index contributed by atoms with van der Waals surface area (Å²) in [6, 6.07) is 1.93. The Hall–Kier alpha value is -0.830. The summed E-state index contributed by atoms with van der Waals surface area (Å²) in [5, 5.41) is 0. The summed E-state index contributed by atoms with van der Waals surface area (Å²) in [7, 11) is 0. The van der Waals surface area contributed by atoms with Crippen LogP contribution in [0.1, 0.15) is 19.4 Å². The van der Waals surface area contributed by atoms with E-state index in [9.17, 15) is 0 Å². The van der Waals surface area contributed by atoms with E-state index in [2.05, 4.69) is 30.7 Å². The average molecular weight is 196 g/mol. The Morgan fingerprint density at radius 3 is 2.54 bits per heavy atom. The van der Waals surface area contributed by atoms with E-state index in [1.54, 1.807) is 0 Å². The molecule has 13 heavy (non-hydrogen) atoms. The lowest BCUT2D eigenvalue weighted by atomic mass is 10.2. The molecule has 0 aromatic carbocycles. The molecular weight excluding hydrogens is 180 g/mol. The molecule has 1 aromatic heterocycles. The summed E-state index contributed by atoms with van der Waals surface area (Å²) in [6.45, 7) is 8.37. The molecule has 0 aliphatic rings. The molecule has 0 aliphatic carbocycles. The van der Waals surface area contributed by atoms with Gasteiger partial charge in [-0.1, -0.05) is 12.2 Å². The first-order valence-corrected chi connectivity index (χ1v) is 5.04. The molecule has 0 fully saturated rings. The Labute approximate surface area is 84.6 Å².